The largest absolute Gasteiger partial charge is 0.326 e. The number of aryl methyl sites for hydroxylation is 3. The predicted octanol–water partition coefficient (Wildman–Crippen LogP) is 3.71. The van der Waals surface area contributed by atoms with Gasteiger partial charge in [-0.1, -0.05) is 12.1 Å². The fourth-order valence-corrected chi connectivity index (χ4v) is 6.12. The van der Waals surface area contributed by atoms with Crippen molar-refractivity contribution < 1.29 is 13.2 Å². The lowest BCUT2D eigenvalue weighted by molar-refractivity contribution is -0.120. The van der Waals surface area contributed by atoms with Crippen LogP contribution in [0.5, 0.6) is 0 Å². The molecule has 1 saturated heterocycles. The molecule has 0 saturated carbocycles. The Hall–Kier alpha value is -1.70. The predicted molar refractivity (Wildman–Crippen MR) is 105 cm³/mol. The van der Waals surface area contributed by atoms with Crippen molar-refractivity contribution in [1.29, 1.82) is 0 Å². The number of amides is 1. The van der Waals surface area contributed by atoms with Gasteiger partial charge in [0.15, 0.2) is 0 Å². The molecule has 140 valence electrons. The highest BCUT2D eigenvalue weighted by Gasteiger charge is 2.34. The van der Waals surface area contributed by atoms with Crippen molar-refractivity contribution >= 4 is 33.0 Å². The van der Waals surface area contributed by atoms with Crippen LogP contribution in [0.1, 0.15) is 28.8 Å². The van der Waals surface area contributed by atoms with Gasteiger partial charge in [0.1, 0.15) is 4.21 Å². The lowest BCUT2D eigenvalue weighted by atomic mass is 9.98. The fraction of sp³-hybridized carbons (Fsp3) is 0.421. The summed E-state index contributed by atoms with van der Waals surface area (Å²) in [6, 6.07) is 9.38. The van der Waals surface area contributed by atoms with Crippen LogP contribution in [-0.2, 0) is 14.8 Å². The Balaban J connectivity index is 1.74. The SMILES string of the molecule is Cc1ccc(C)c(NC(=O)C2CCCN(S(=O)(=O)c3ccc(C)s3)C2)c1. The highest BCUT2D eigenvalue weighted by atomic mass is 32.2. The molecule has 1 amide bonds. The van der Waals surface area contributed by atoms with Gasteiger partial charge >= 0.3 is 0 Å². The number of nitrogens with one attached hydrogen (secondary N) is 1. The second-order valence-corrected chi connectivity index (χ2v) is 10.3. The van der Waals surface area contributed by atoms with Crippen LogP contribution in [0.25, 0.3) is 0 Å². The molecule has 1 aliphatic rings. The van der Waals surface area contributed by atoms with Gasteiger partial charge in [0.25, 0.3) is 10.0 Å². The molecule has 0 bridgehead atoms. The topological polar surface area (TPSA) is 66.5 Å². The fourth-order valence-electron chi connectivity index (χ4n) is 3.16. The first-order valence-corrected chi connectivity index (χ1v) is 11.0. The van der Waals surface area contributed by atoms with Crippen LogP contribution in [0, 0.1) is 26.7 Å². The number of anilines is 1. The van der Waals surface area contributed by atoms with Crippen LogP contribution < -0.4 is 5.32 Å². The average molecular weight is 393 g/mol. The number of hydrogen-bond donors (Lipinski definition) is 1. The molecule has 5 nitrogen and oxygen atoms in total. The summed E-state index contributed by atoms with van der Waals surface area (Å²) in [6.07, 6.45) is 1.39. The van der Waals surface area contributed by atoms with E-state index < -0.39 is 10.0 Å². The van der Waals surface area contributed by atoms with Gasteiger partial charge in [-0.15, -0.1) is 11.3 Å². The van der Waals surface area contributed by atoms with E-state index in [4.69, 9.17) is 0 Å². The van der Waals surface area contributed by atoms with E-state index in [0.717, 1.165) is 21.7 Å². The summed E-state index contributed by atoms with van der Waals surface area (Å²) in [5.74, 6) is -0.444. The summed E-state index contributed by atoms with van der Waals surface area (Å²) in [7, 11) is -3.52. The monoisotopic (exact) mass is 392 g/mol. The molecule has 2 aromatic rings. The Labute approximate surface area is 159 Å². The molecule has 1 N–H and O–H groups in total. The van der Waals surface area contributed by atoms with E-state index >= 15 is 0 Å². The van der Waals surface area contributed by atoms with Crippen molar-refractivity contribution in [2.24, 2.45) is 5.92 Å². The highest BCUT2D eigenvalue weighted by molar-refractivity contribution is 7.91. The molecule has 1 aromatic heterocycles. The van der Waals surface area contributed by atoms with E-state index in [1.807, 2.05) is 45.0 Å². The second kappa shape index (κ2) is 7.50. The average Bonchev–Trinajstić information content (AvgIpc) is 3.05. The molecule has 3 rings (SSSR count). The normalized spacial score (nSPS) is 18.7. The Bertz CT molecular complexity index is 919. The summed E-state index contributed by atoms with van der Waals surface area (Å²) < 4.78 is 27.5. The lowest BCUT2D eigenvalue weighted by Crippen LogP contribution is -2.43. The van der Waals surface area contributed by atoms with Crippen LogP contribution in [0.4, 0.5) is 5.69 Å². The smallest absolute Gasteiger partial charge is 0.252 e. The quantitative estimate of drug-likeness (QED) is 0.862. The molecule has 1 aromatic carbocycles. The van der Waals surface area contributed by atoms with Gasteiger partial charge in [-0.05, 0) is 62.9 Å². The molecule has 0 aliphatic carbocycles. The number of nitrogens with zero attached hydrogens (tertiary/aromatic N) is 1. The molecule has 1 atom stereocenters. The molecular weight excluding hydrogens is 368 g/mol. The molecule has 1 aliphatic heterocycles. The molecule has 0 radical (unpaired) electrons. The summed E-state index contributed by atoms with van der Waals surface area (Å²) in [4.78, 5) is 13.7. The number of piperidine rings is 1. The van der Waals surface area contributed by atoms with E-state index in [2.05, 4.69) is 5.32 Å². The number of thiophene rings is 1. The number of carbonyl (C=O) groups excluding carboxylic acids is 1. The summed E-state index contributed by atoms with van der Waals surface area (Å²) in [6.45, 7) is 6.52. The van der Waals surface area contributed by atoms with Gasteiger partial charge in [0.2, 0.25) is 5.91 Å². The molecular formula is C19H24N2O3S2. The molecule has 2 heterocycles. The summed E-state index contributed by atoms with van der Waals surface area (Å²) in [5.41, 5.74) is 2.87. The van der Waals surface area contributed by atoms with Crippen molar-refractivity contribution in [2.75, 3.05) is 18.4 Å². The summed E-state index contributed by atoms with van der Waals surface area (Å²) >= 11 is 1.27. The lowest BCUT2D eigenvalue weighted by Gasteiger charge is -2.31. The number of hydrogen-bond acceptors (Lipinski definition) is 4. The van der Waals surface area contributed by atoms with Crippen molar-refractivity contribution in [2.45, 2.75) is 37.8 Å². The Morgan fingerprint density at radius 1 is 1.19 bits per heavy atom. The zero-order valence-corrected chi connectivity index (χ0v) is 16.9. The second-order valence-electron chi connectivity index (χ2n) is 6.87. The zero-order chi connectivity index (χ0) is 18.9. The molecule has 1 fully saturated rings. The number of carbonyl (C=O) groups is 1. The van der Waals surface area contributed by atoms with Gasteiger partial charge < -0.3 is 5.32 Å². The maximum absolute atomic E-state index is 12.8. The molecule has 26 heavy (non-hydrogen) atoms. The van der Waals surface area contributed by atoms with Crippen molar-refractivity contribution in [3.8, 4) is 0 Å². The van der Waals surface area contributed by atoms with Gasteiger partial charge in [-0.2, -0.15) is 4.31 Å². The van der Waals surface area contributed by atoms with Crippen molar-refractivity contribution in [3.05, 3.63) is 46.3 Å². The van der Waals surface area contributed by atoms with E-state index in [9.17, 15) is 13.2 Å². The number of sulfonamides is 1. The third-order valence-corrected chi connectivity index (χ3v) is 8.05. The van der Waals surface area contributed by atoms with E-state index in [-0.39, 0.29) is 18.4 Å². The Kier molecular flexibility index (Phi) is 5.50. The third-order valence-electron chi connectivity index (χ3n) is 4.72. The van der Waals surface area contributed by atoms with Gasteiger partial charge in [0.05, 0.1) is 5.92 Å². The van der Waals surface area contributed by atoms with Crippen LogP contribution in [-0.4, -0.2) is 31.7 Å². The molecule has 1 unspecified atom stereocenters. The minimum absolute atomic E-state index is 0.110. The first kappa shape index (κ1) is 19.1. The first-order valence-electron chi connectivity index (χ1n) is 8.72. The number of rotatable bonds is 4. The van der Waals surface area contributed by atoms with Gasteiger partial charge in [-0.25, -0.2) is 8.42 Å². The van der Waals surface area contributed by atoms with E-state index in [1.54, 1.807) is 6.07 Å². The standard InChI is InChI=1S/C19H24N2O3S2/c1-13-6-7-14(2)17(11-13)20-19(22)16-5-4-10-21(12-16)26(23,24)18-9-8-15(3)25-18/h6-9,11,16H,4-5,10,12H2,1-3H3,(H,20,22). The zero-order valence-electron chi connectivity index (χ0n) is 15.3. The van der Waals surface area contributed by atoms with Crippen molar-refractivity contribution in [3.63, 3.8) is 0 Å². The third kappa shape index (κ3) is 4.00. The number of benzene rings is 1. The maximum Gasteiger partial charge on any atom is 0.252 e. The minimum Gasteiger partial charge on any atom is -0.326 e. The van der Waals surface area contributed by atoms with Crippen molar-refractivity contribution in [1.82, 2.24) is 4.31 Å². The molecule has 7 heteroatoms. The molecule has 0 spiro atoms. The highest BCUT2D eigenvalue weighted by Crippen LogP contribution is 2.29. The Morgan fingerprint density at radius 2 is 1.96 bits per heavy atom. The van der Waals surface area contributed by atoms with Crippen LogP contribution in [0.3, 0.4) is 0 Å². The van der Waals surface area contributed by atoms with E-state index in [1.165, 1.54) is 15.6 Å². The maximum atomic E-state index is 12.8. The van der Waals surface area contributed by atoms with Crippen LogP contribution in [0.2, 0.25) is 0 Å². The van der Waals surface area contributed by atoms with Crippen LogP contribution in [0.15, 0.2) is 34.5 Å². The minimum atomic E-state index is -3.52. The Morgan fingerprint density at radius 3 is 2.65 bits per heavy atom. The van der Waals surface area contributed by atoms with Gasteiger partial charge in [-0.3, -0.25) is 4.79 Å². The van der Waals surface area contributed by atoms with Crippen LogP contribution >= 0.6 is 11.3 Å². The first-order chi connectivity index (χ1) is 12.3. The van der Waals surface area contributed by atoms with Gasteiger partial charge in [0, 0.05) is 23.7 Å². The van der Waals surface area contributed by atoms with E-state index in [0.29, 0.717) is 23.6 Å². The summed E-state index contributed by atoms with van der Waals surface area (Å²) in [5, 5.41) is 2.98.